The van der Waals surface area contributed by atoms with Crippen LogP contribution in [0.15, 0.2) is 29.5 Å². The summed E-state index contributed by atoms with van der Waals surface area (Å²) in [6.07, 6.45) is 0.590. The van der Waals surface area contributed by atoms with Crippen LogP contribution in [0, 0.1) is 11.3 Å². The third-order valence-electron chi connectivity index (χ3n) is 4.71. The highest BCUT2D eigenvalue weighted by molar-refractivity contribution is 7.17. The number of carboxylic acid groups (broad SMARTS) is 1. The van der Waals surface area contributed by atoms with Crippen molar-refractivity contribution < 1.29 is 19.6 Å². The van der Waals surface area contributed by atoms with E-state index in [1.54, 1.807) is 12.1 Å². The summed E-state index contributed by atoms with van der Waals surface area (Å²) in [6, 6.07) is 7.52. The van der Waals surface area contributed by atoms with Crippen molar-refractivity contribution in [1.82, 2.24) is 15.1 Å². The van der Waals surface area contributed by atoms with Crippen LogP contribution in [-0.2, 0) is 4.79 Å². The third kappa shape index (κ3) is 5.65. The summed E-state index contributed by atoms with van der Waals surface area (Å²) in [4.78, 5) is 16.1. The Morgan fingerprint density at radius 3 is 2.90 bits per heavy atom. The van der Waals surface area contributed by atoms with Crippen LogP contribution in [0.5, 0.6) is 5.75 Å². The van der Waals surface area contributed by atoms with E-state index >= 15 is 0 Å². The molecule has 0 spiro atoms. The van der Waals surface area contributed by atoms with Gasteiger partial charge in [0.1, 0.15) is 17.5 Å². The van der Waals surface area contributed by atoms with Crippen molar-refractivity contribution in [1.29, 1.82) is 5.26 Å². The maximum atomic E-state index is 11.0. The van der Waals surface area contributed by atoms with E-state index in [4.69, 9.17) is 15.6 Å². The second-order valence-electron chi connectivity index (χ2n) is 7.51. The average Bonchev–Trinajstić information content (AvgIpc) is 3.17. The van der Waals surface area contributed by atoms with Gasteiger partial charge in [-0.05, 0) is 55.4 Å². The molecular formula is C21H25N6O3S+. The zero-order chi connectivity index (χ0) is 22.5. The van der Waals surface area contributed by atoms with Gasteiger partial charge in [-0.25, -0.2) is 4.99 Å². The number of benzene rings is 1. The molecule has 0 aliphatic carbocycles. The number of carbonyl (C=O) groups is 1. The van der Waals surface area contributed by atoms with E-state index in [0.717, 1.165) is 22.5 Å². The number of hydrogen-bond donors (Lipinski definition) is 3. The van der Waals surface area contributed by atoms with Gasteiger partial charge in [0.2, 0.25) is 0 Å². The van der Waals surface area contributed by atoms with Crippen molar-refractivity contribution in [3.8, 4) is 22.4 Å². The summed E-state index contributed by atoms with van der Waals surface area (Å²) >= 11 is 1.35. The van der Waals surface area contributed by atoms with Crippen LogP contribution in [-0.4, -0.2) is 57.6 Å². The van der Waals surface area contributed by atoms with Crippen LogP contribution in [0.4, 0.5) is 5.13 Å². The standard InChI is InChI=1S/C21H24N6O3S/c1-12(2)30-18-5-4-14(8-15(18)9-22)20-25-26-21(31-20)24-13(3)16-10-27(11-19(28)29)7-6-17(16)23/h4-5,8,12H,6-7,10-11,23H2,1-3H3,(H,28,29)/p+1. The van der Waals surface area contributed by atoms with Gasteiger partial charge in [-0.2, -0.15) is 5.26 Å². The van der Waals surface area contributed by atoms with Crippen molar-refractivity contribution in [3.05, 3.63) is 35.0 Å². The number of nitriles is 1. The van der Waals surface area contributed by atoms with Crippen molar-refractivity contribution in [3.63, 3.8) is 0 Å². The lowest BCUT2D eigenvalue weighted by molar-refractivity contribution is -0.354. The first-order chi connectivity index (χ1) is 14.8. The predicted octanol–water partition coefficient (Wildman–Crippen LogP) is 1.04. The molecule has 9 nitrogen and oxygen atoms in total. The maximum Gasteiger partial charge on any atom is 0.408 e. The number of hydrogen-bond acceptors (Lipinski definition) is 8. The summed E-state index contributed by atoms with van der Waals surface area (Å²) in [5.41, 5.74) is 9.83. The fourth-order valence-electron chi connectivity index (χ4n) is 3.25. The van der Waals surface area contributed by atoms with E-state index in [-0.39, 0.29) is 12.6 Å². The summed E-state index contributed by atoms with van der Waals surface area (Å²) < 4.78 is 5.67. The van der Waals surface area contributed by atoms with E-state index in [2.05, 4.69) is 21.3 Å². The van der Waals surface area contributed by atoms with E-state index in [1.807, 2.05) is 31.7 Å². The number of aromatic nitrogens is 2. The largest absolute Gasteiger partial charge is 0.490 e. The molecule has 4 N–H and O–H groups in total. The molecule has 2 aromatic rings. The number of rotatable bonds is 7. The van der Waals surface area contributed by atoms with Gasteiger partial charge in [-0.1, -0.05) is 0 Å². The van der Waals surface area contributed by atoms with E-state index in [1.165, 1.54) is 11.3 Å². The van der Waals surface area contributed by atoms with Crippen molar-refractivity contribution in [2.24, 2.45) is 5.73 Å². The van der Waals surface area contributed by atoms with Crippen molar-refractivity contribution in [2.45, 2.75) is 33.3 Å². The van der Waals surface area contributed by atoms with Gasteiger partial charge in [0.25, 0.3) is 0 Å². The monoisotopic (exact) mass is 441 g/mol. The molecule has 1 aliphatic rings. The minimum atomic E-state index is -0.860. The molecule has 1 aliphatic heterocycles. The zero-order valence-electron chi connectivity index (χ0n) is 17.7. The lowest BCUT2D eigenvalue weighted by Gasteiger charge is -2.27. The molecule has 3 rings (SSSR count). The molecule has 0 saturated carbocycles. The highest BCUT2D eigenvalue weighted by atomic mass is 32.1. The third-order valence-corrected chi connectivity index (χ3v) is 5.60. The normalized spacial score (nSPS) is 15.3. The maximum absolute atomic E-state index is 11.0. The van der Waals surface area contributed by atoms with Crippen LogP contribution < -0.4 is 15.5 Å². The zero-order valence-corrected chi connectivity index (χ0v) is 18.5. The van der Waals surface area contributed by atoms with Gasteiger partial charge in [0.05, 0.1) is 23.3 Å². The minimum Gasteiger partial charge on any atom is -0.490 e. The Morgan fingerprint density at radius 1 is 1.45 bits per heavy atom. The Hall–Kier alpha value is -3.29. The molecule has 0 saturated heterocycles. The Kier molecular flexibility index (Phi) is 6.99. The topological polar surface area (TPSA) is 139 Å². The quantitative estimate of drug-likeness (QED) is 0.542. The van der Waals surface area contributed by atoms with E-state index < -0.39 is 5.97 Å². The first-order valence-electron chi connectivity index (χ1n) is 9.84. The number of aliphatic carboxylic acids is 1. The van der Waals surface area contributed by atoms with Gasteiger partial charge in [-0.3, -0.25) is 9.69 Å². The van der Waals surface area contributed by atoms with Crippen LogP contribution >= 0.6 is 11.3 Å². The van der Waals surface area contributed by atoms with E-state index in [0.29, 0.717) is 41.0 Å². The van der Waals surface area contributed by atoms with Gasteiger partial charge >= 0.3 is 11.1 Å². The molecule has 0 bridgehead atoms. The molecule has 2 heterocycles. The van der Waals surface area contributed by atoms with E-state index in [9.17, 15) is 10.1 Å². The molecule has 10 heteroatoms. The Bertz CT molecular complexity index is 1080. The molecular weight excluding hydrogens is 416 g/mol. The molecule has 31 heavy (non-hydrogen) atoms. The van der Waals surface area contributed by atoms with Crippen molar-refractivity contribution >= 4 is 28.1 Å². The number of ether oxygens (including phenoxy) is 1. The summed E-state index contributed by atoms with van der Waals surface area (Å²) in [6.45, 7) is 6.77. The fourth-order valence-corrected chi connectivity index (χ4v) is 4.05. The number of carboxylic acids is 1. The molecule has 0 amide bonds. The SMILES string of the molecule is CC(=[NH+]c1nnc(-c2ccc(OC(C)C)c(C#N)c2)s1)C1=C(N)CCN(CC(=O)O)C1. The summed E-state index contributed by atoms with van der Waals surface area (Å²) in [7, 11) is 0. The van der Waals surface area contributed by atoms with Gasteiger partial charge in [0.15, 0.2) is 5.01 Å². The Balaban J connectivity index is 1.81. The highest BCUT2D eigenvalue weighted by Gasteiger charge is 2.23. The van der Waals surface area contributed by atoms with Crippen LogP contribution in [0.2, 0.25) is 0 Å². The minimum absolute atomic E-state index is 0.0231. The first-order valence-corrected chi connectivity index (χ1v) is 10.7. The second kappa shape index (κ2) is 9.68. The van der Waals surface area contributed by atoms with Crippen LogP contribution in [0.25, 0.3) is 10.6 Å². The highest BCUT2D eigenvalue weighted by Crippen LogP contribution is 2.29. The Morgan fingerprint density at radius 2 is 2.23 bits per heavy atom. The average molecular weight is 442 g/mol. The molecule has 0 atom stereocenters. The molecule has 0 unspecified atom stereocenters. The number of nitrogens with one attached hydrogen (secondary N) is 1. The lowest BCUT2D eigenvalue weighted by Crippen LogP contribution is -2.67. The summed E-state index contributed by atoms with van der Waals surface area (Å²) in [5, 5.41) is 28.2. The van der Waals surface area contributed by atoms with Crippen LogP contribution in [0.1, 0.15) is 32.8 Å². The van der Waals surface area contributed by atoms with Gasteiger partial charge < -0.3 is 15.6 Å². The Labute approximate surface area is 184 Å². The summed E-state index contributed by atoms with van der Waals surface area (Å²) in [5.74, 6) is -0.320. The molecule has 0 radical (unpaired) electrons. The molecule has 162 valence electrons. The fraction of sp³-hybridized carbons (Fsp3) is 0.381. The van der Waals surface area contributed by atoms with Gasteiger partial charge in [-0.15, -0.1) is 0 Å². The number of nitrogens with zero attached hydrogens (tertiary/aromatic N) is 4. The number of nitrogens with two attached hydrogens (primary N) is 1. The smallest absolute Gasteiger partial charge is 0.408 e. The lowest BCUT2D eigenvalue weighted by atomic mass is 10.0. The van der Waals surface area contributed by atoms with Crippen LogP contribution in [0.3, 0.4) is 0 Å². The molecule has 0 fully saturated rings. The van der Waals surface area contributed by atoms with Gasteiger partial charge in [0, 0.05) is 36.3 Å². The molecule has 1 aromatic heterocycles. The predicted molar refractivity (Wildman–Crippen MR) is 117 cm³/mol. The van der Waals surface area contributed by atoms with Crippen molar-refractivity contribution in [2.75, 3.05) is 19.6 Å². The second-order valence-corrected chi connectivity index (χ2v) is 8.49. The first kappa shape index (κ1) is 22.4. The molecule has 1 aromatic carbocycles.